The second-order valence-corrected chi connectivity index (χ2v) is 4.03. The smallest absolute Gasteiger partial charge is 0.142 e. The van der Waals surface area contributed by atoms with E-state index in [0.29, 0.717) is 19.7 Å². The van der Waals surface area contributed by atoms with Gasteiger partial charge in [0.1, 0.15) is 5.82 Å². The van der Waals surface area contributed by atoms with E-state index in [9.17, 15) is 4.39 Å². The molecule has 0 aliphatic rings. The van der Waals surface area contributed by atoms with Gasteiger partial charge in [0.2, 0.25) is 0 Å². The van der Waals surface area contributed by atoms with Gasteiger partial charge in [0.25, 0.3) is 0 Å². The minimum Gasteiger partial charge on any atom is -0.382 e. The maximum atomic E-state index is 13.1. The third-order valence-electron chi connectivity index (χ3n) is 2.40. The maximum Gasteiger partial charge on any atom is 0.142 e. The number of rotatable bonds is 7. The first kappa shape index (κ1) is 14.4. The lowest BCUT2D eigenvalue weighted by Gasteiger charge is -2.15. The molecule has 0 aliphatic heterocycles. The largest absolute Gasteiger partial charge is 0.382 e. The molecule has 0 fully saturated rings. The van der Waals surface area contributed by atoms with Crippen LogP contribution in [-0.2, 0) is 16.0 Å². The SMILES string of the molecule is COCC(CNCc1cccc(F)c1Cl)OC. The molecule has 1 atom stereocenters. The topological polar surface area (TPSA) is 30.5 Å². The summed E-state index contributed by atoms with van der Waals surface area (Å²) in [5, 5.41) is 3.32. The highest BCUT2D eigenvalue weighted by molar-refractivity contribution is 6.31. The summed E-state index contributed by atoms with van der Waals surface area (Å²) < 4.78 is 23.3. The molecule has 0 spiro atoms. The van der Waals surface area contributed by atoms with Crippen molar-refractivity contribution in [2.24, 2.45) is 0 Å². The Morgan fingerprint density at radius 1 is 1.41 bits per heavy atom. The van der Waals surface area contributed by atoms with Gasteiger partial charge in [0.15, 0.2) is 0 Å². The van der Waals surface area contributed by atoms with Crippen molar-refractivity contribution >= 4 is 11.6 Å². The number of ether oxygens (including phenoxy) is 2. The third-order valence-corrected chi connectivity index (χ3v) is 2.83. The van der Waals surface area contributed by atoms with Crippen molar-refractivity contribution in [1.82, 2.24) is 5.32 Å². The summed E-state index contributed by atoms with van der Waals surface area (Å²) in [4.78, 5) is 0. The zero-order valence-corrected chi connectivity index (χ0v) is 10.8. The van der Waals surface area contributed by atoms with Crippen LogP contribution < -0.4 is 5.32 Å². The van der Waals surface area contributed by atoms with E-state index in [2.05, 4.69) is 5.32 Å². The summed E-state index contributed by atoms with van der Waals surface area (Å²) in [6.45, 7) is 1.64. The van der Waals surface area contributed by atoms with Crippen LogP contribution in [0.2, 0.25) is 5.02 Å². The Morgan fingerprint density at radius 3 is 2.82 bits per heavy atom. The number of hydrogen-bond donors (Lipinski definition) is 1. The van der Waals surface area contributed by atoms with E-state index >= 15 is 0 Å². The first-order valence-electron chi connectivity index (χ1n) is 5.34. The van der Waals surface area contributed by atoms with Crippen LogP contribution in [0.5, 0.6) is 0 Å². The molecule has 1 aromatic carbocycles. The summed E-state index contributed by atoms with van der Waals surface area (Å²) >= 11 is 5.83. The van der Waals surface area contributed by atoms with Crippen LogP contribution in [0.15, 0.2) is 18.2 Å². The average molecular weight is 262 g/mol. The minimum absolute atomic E-state index is 0.0210. The van der Waals surface area contributed by atoms with Crippen molar-refractivity contribution < 1.29 is 13.9 Å². The normalized spacial score (nSPS) is 12.7. The zero-order chi connectivity index (χ0) is 12.7. The molecule has 0 bridgehead atoms. The van der Waals surface area contributed by atoms with Crippen LogP contribution in [0.4, 0.5) is 4.39 Å². The third kappa shape index (κ3) is 4.60. The number of nitrogens with one attached hydrogen (secondary N) is 1. The number of methoxy groups -OCH3 is 2. The van der Waals surface area contributed by atoms with Gasteiger partial charge in [0, 0.05) is 27.3 Å². The fourth-order valence-electron chi connectivity index (χ4n) is 1.45. The van der Waals surface area contributed by atoms with Crippen molar-refractivity contribution in [3.8, 4) is 0 Å². The lowest BCUT2D eigenvalue weighted by atomic mass is 10.2. The van der Waals surface area contributed by atoms with Gasteiger partial charge in [-0.1, -0.05) is 23.7 Å². The van der Waals surface area contributed by atoms with E-state index in [1.807, 2.05) is 0 Å². The van der Waals surface area contributed by atoms with Crippen LogP contribution in [0.25, 0.3) is 0 Å². The van der Waals surface area contributed by atoms with E-state index < -0.39 is 5.82 Å². The monoisotopic (exact) mass is 261 g/mol. The maximum absolute atomic E-state index is 13.1. The standard InChI is InChI=1S/C12H17ClFNO2/c1-16-8-10(17-2)7-15-6-9-4-3-5-11(14)12(9)13/h3-5,10,15H,6-8H2,1-2H3. The van der Waals surface area contributed by atoms with E-state index in [-0.39, 0.29) is 11.1 Å². The Bertz CT molecular complexity index is 349. The molecular formula is C12H17ClFNO2. The predicted octanol–water partition coefficient (Wildman–Crippen LogP) is 2.23. The first-order chi connectivity index (χ1) is 8.19. The molecule has 0 saturated heterocycles. The van der Waals surface area contributed by atoms with Crippen molar-refractivity contribution in [2.45, 2.75) is 12.6 Å². The van der Waals surface area contributed by atoms with Crippen molar-refractivity contribution in [1.29, 1.82) is 0 Å². The van der Waals surface area contributed by atoms with Crippen LogP contribution in [-0.4, -0.2) is 33.5 Å². The first-order valence-corrected chi connectivity index (χ1v) is 5.72. The number of benzene rings is 1. The molecule has 0 amide bonds. The molecule has 0 aliphatic carbocycles. The molecule has 0 aromatic heterocycles. The van der Waals surface area contributed by atoms with E-state index in [4.69, 9.17) is 21.1 Å². The highest BCUT2D eigenvalue weighted by atomic mass is 35.5. The van der Waals surface area contributed by atoms with Gasteiger partial charge in [-0.25, -0.2) is 4.39 Å². The summed E-state index contributed by atoms with van der Waals surface area (Å²) in [5.41, 5.74) is 0.735. The van der Waals surface area contributed by atoms with E-state index in [1.54, 1.807) is 26.4 Å². The number of hydrogen-bond acceptors (Lipinski definition) is 3. The second kappa shape index (κ2) is 7.61. The van der Waals surface area contributed by atoms with Gasteiger partial charge in [-0.3, -0.25) is 0 Å². The molecule has 1 rings (SSSR count). The van der Waals surface area contributed by atoms with Crippen LogP contribution in [0, 0.1) is 5.82 Å². The van der Waals surface area contributed by atoms with Gasteiger partial charge in [0.05, 0.1) is 17.7 Å². The quantitative estimate of drug-likeness (QED) is 0.817. The Balaban J connectivity index is 2.42. The summed E-state index contributed by atoms with van der Waals surface area (Å²) in [5.74, 6) is -0.397. The molecule has 1 N–H and O–H groups in total. The lowest BCUT2D eigenvalue weighted by molar-refractivity contribution is 0.0288. The number of halogens is 2. The Morgan fingerprint density at radius 2 is 2.18 bits per heavy atom. The Kier molecular flexibility index (Phi) is 6.44. The van der Waals surface area contributed by atoms with Gasteiger partial charge in [-0.2, -0.15) is 0 Å². The molecule has 5 heteroatoms. The average Bonchev–Trinajstić information content (AvgIpc) is 2.33. The molecule has 0 radical (unpaired) electrons. The van der Waals surface area contributed by atoms with Gasteiger partial charge in [-0.05, 0) is 11.6 Å². The predicted molar refractivity (Wildman–Crippen MR) is 65.8 cm³/mol. The summed E-state index contributed by atoms with van der Waals surface area (Å²) in [6.07, 6.45) is -0.0210. The van der Waals surface area contributed by atoms with Gasteiger partial charge in [-0.15, -0.1) is 0 Å². The van der Waals surface area contributed by atoms with Crippen LogP contribution >= 0.6 is 11.6 Å². The van der Waals surface area contributed by atoms with E-state index in [0.717, 1.165) is 5.56 Å². The summed E-state index contributed by atoms with van der Waals surface area (Å²) in [7, 11) is 3.25. The van der Waals surface area contributed by atoms with Crippen LogP contribution in [0.3, 0.4) is 0 Å². The van der Waals surface area contributed by atoms with Gasteiger partial charge < -0.3 is 14.8 Å². The molecule has 3 nitrogen and oxygen atoms in total. The summed E-state index contributed by atoms with van der Waals surface area (Å²) in [6, 6.07) is 4.77. The lowest BCUT2D eigenvalue weighted by Crippen LogP contribution is -2.31. The zero-order valence-electron chi connectivity index (χ0n) is 10.0. The molecular weight excluding hydrogens is 245 g/mol. The molecule has 0 heterocycles. The van der Waals surface area contributed by atoms with Crippen molar-refractivity contribution in [3.05, 3.63) is 34.6 Å². The van der Waals surface area contributed by atoms with Gasteiger partial charge >= 0.3 is 0 Å². The molecule has 17 heavy (non-hydrogen) atoms. The molecule has 96 valence electrons. The Hall–Kier alpha value is -0.680. The second-order valence-electron chi connectivity index (χ2n) is 3.66. The molecule has 1 unspecified atom stereocenters. The van der Waals surface area contributed by atoms with Crippen molar-refractivity contribution in [2.75, 3.05) is 27.4 Å². The van der Waals surface area contributed by atoms with Crippen molar-refractivity contribution in [3.63, 3.8) is 0 Å². The van der Waals surface area contributed by atoms with Crippen LogP contribution in [0.1, 0.15) is 5.56 Å². The fraction of sp³-hybridized carbons (Fsp3) is 0.500. The highest BCUT2D eigenvalue weighted by Gasteiger charge is 2.08. The van der Waals surface area contributed by atoms with E-state index in [1.165, 1.54) is 6.07 Å². The molecule has 1 aromatic rings. The fourth-order valence-corrected chi connectivity index (χ4v) is 1.64. The minimum atomic E-state index is -0.397. The molecule has 0 saturated carbocycles. The Labute approximate surface area is 106 Å². The highest BCUT2D eigenvalue weighted by Crippen LogP contribution is 2.19.